The molecule has 0 bridgehead atoms. The number of carbonyl (C=O) groups excluding carboxylic acids is 1. The highest BCUT2D eigenvalue weighted by Crippen LogP contribution is 2.21. The lowest BCUT2D eigenvalue weighted by Crippen LogP contribution is -2.30. The molecular formula is C15H18ClN5O. The Morgan fingerprint density at radius 3 is 2.91 bits per heavy atom. The van der Waals surface area contributed by atoms with Gasteiger partial charge in [0.25, 0.3) is 5.91 Å². The van der Waals surface area contributed by atoms with Crippen molar-refractivity contribution in [1.29, 1.82) is 0 Å². The van der Waals surface area contributed by atoms with Gasteiger partial charge in [0.1, 0.15) is 5.82 Å². The summed E-state index contributed by atoms with van der Waals surface area (Å²) >= 11 is 6.19. The summed E-state index contributed by atoms with van der Waals surface area (Å²) in [6.45, 7) is 3.79. The van der Waals surface area contributed by atoms with Crippen molar-refractivity contribution in [3.8, 4) is 5.69 Å². The Morgan fingerprint density at radius 2 is 2.23 bits per heavy atom. The van der Waals surface area contributed by atoms with Crippen LogP contribution in [-0.4, -0.2) is 45.2 Å². The zero-order valence-electron chi connectivity index (χ0n) is 12.4. The molecule has 6 nitrogen and oxygen atoms in total. The summed E-state index contributed by atoms with van der Waals surface area (Å²) in [7, 11) is 0. The van der Waals surface area contributed by atoms with E-state index in [1.54, 1.807) is 22.6 Å². The van der Waals surface area contributed by atoms with E-state index in [-0.39, 0.29) is 11.7 Å². The molecule has 0 aliphatic carbocycles. The third-order valence-corrected chi connectivity index (χ3v) is 4.27. The highest BCUT2D eigenvalue weighted by atomic mass is 35.5. The van der Waals surface area contributed by atoms with Gasteiger partial charge in [-0.1, -0.05) is 23.7 Å². The van der Waals surface area contributed by atoms with Crippen LogP contribution in [0.2, 0.25) is 5.02 Å². The van der Waals surface area contributed by atoms with E-state index in [0.717, 1.165) is 12.1 Å². The first kappa shape index (κ1) is 15.0. The van der Waals surface area contributed by atoms with E-state index in [9.17, 15) is 4.79 Å². The zero-order chi connectivity index (χ0) is 15.7. The highest BCUT2D eigenvalue weighted by molar-refractivity contribution is 6.32. The van der Waals surface area contributed by atoms with E-state index in [1.807, 2.05) is 18.2 Å². The predicted octanol–water partition coefficient (Wildman–Crippen LogP) is 1.65. The molecule has 7 heteroatoms. The maximum absolute atomic E-state index is 12.5. The molecule has 1 fully saturated rings. The fourth-order valence-corrected chi connectivity index (χ4v) is 2.90. The van der Waals surface area contributed by atoms with Crippen LogP contribution in [0.25, 0.3) is 5.69 Å². The van der Waals surface area contributed by atoms with Crippen LogP contribution in [0.1, 0.15) is 22.9 Å². The Balaban J connectivity index is 1.87. The van der Waals surface area contributed by atoms with E-state index >= 15 is 0 Å². The van der Waals surface area contributed by atoms with Crippen LogP contribution in [0.5, 0.6) is 0 Å². The first-order valence-corrected chi connectivity index (χ1v) is 7.66. The highest BCUT2D eigenvalue weighted by Gasteiger charge is 2.28. The Hall–Kier alpha value is -1.92. The van der Waals surface area contributed by atoms with E-state index in [0.29, 0.717) is 36.4 Å². The fraction of sp³-hybridized carbons (Fsp3) is 0.400. The van der Waals surface area contributed by atoms with Crippen molar-refractivity contribution in [1.82, 2.24) is 19.7 Å². The summed E-state index contributed by atoms with van der Waals surface area (Å²) in [5.41, 5.74) is 6.38. The second kappa shape index (κ2) is 6.06. The molecule has 2 heterocycles. The Bertz CT molecular complexity index is 699. The number of hydrogen-bond acceptors (Lipinski definition) is 4. The van der Waals surface area contributed by atoms with E-state index in [2.05, 4.69) is 10.1 Å². The van der Waals surface area contributed by atoms with Crippen LogP contribution < -0.4 is 5.73 Å². The van der Waals surface area contributed by atoms with Gasteiger partial charge in [0.05, 0.1) is 10.7 Å². The Labute approximate surface area is 133 Å². The molecule has 2 N–H and O–H groups in total. The van der Waals surface area contributed by atoms with Gasteiger partial charge in [-0.25, -0.2) is 9.67 Å². The van der Waals surface area contributed by atoms with Crippen molar-refractivity contribution in [3.05, 3.63) is 40.9 Å². The Kier molecular flexibility index (Phi) is 4.13. The van der Waals surface area contributed by atoms with Gasteiger partial charge in [-0.15, -0.1) is 5.10 Å². The van der Waals surface area contributed by atoms with Crippen LogP contribution in [0, 0.1) is 12.8 Å². The summed E-state index contributed by atoms with van der Waals surface area (Å²) in [6, 6.07) is 7.35. The summed E-state index contributed by atoms with van der Waals surface area (Å²) in [4.78, 5) is 18.6. The molecule has 1 atom stereocenters. The van der Waals surface area contributed by atoms with Crippen LogP contribution >= 0.6 is 11.6 Å². The molecule has 3 rings (SSSR count). The lowest BCUT2D eigenvalue weighted by atomic mass is 10.1. The zero-order valence-corrected chi connectivity index (χ0v) is 13.1. The number of nitrogens with two attached hydrogens (primary N) is 1. The predicted molar refractivity (Wildman–Crippen MR) is 84.2 cm³/mol. The van der Waals surface area contributed by atoms with E-state index in [1.165, 1.54) is 0 Å². The lowest BCUT2D eigenvalue weighted by molar-refractivity contribution is 0.0775. The summed E-state index contributed by atoms with van der Waals surface area (Å²) in [6.07, 6.45) is 0.937. The number of amides is 1. The van der Waals surface area contributed by atoms with Crippen molar-refractivity contribution in [3.63, 3.8) is 0 Å². The molecule has 22 heavy (non-hydrogen) atoms. The molecule has 2 aromatic rings. The van der Waals surface area contributed by atoms with Gasteiger partial charge in [0.2, 0.25) is 5.82 Å². The van der Waals surface area contributed by atoms with Crippen molar-refractivity contribution >= 4 is 17.5 Å². The molecule has 1 saturated heterocycles. The van der Waals surface area contributed by atoms with Crippen molar-refractivity contribution in [2.24, 2.45) is 11.7 Å². The lowest BCUT2D eigenvalue weighted by Gasteiger charge is -2.13. The molecule has 1 aliphatic heterocycles. The molecular weight excluding hydrogens is 302 g/mol. The van der Waals surface area contributed by atoms with Crippen LogP contribution in [0.3, 0.4) is 0 Å². The average molecular weight is 320 g/mol. The van der Waals surface area contributed by atoms with Crippen molar-refractivity contribution in [2.45, 2.75) is 13.3 Å². The largest absolute Gasteiger partial charge is 0.336 e. The molecule has 0 spiro atoms. The van der Waals surface area contributed by atoms with Gasteiger partial charge >= 0.3 is 0 Å². The number of aryl methyl sites for hydroxylation is 1. The third kappa shape index (κ3) is 2.71. The number of likely N-dealkylation sites (tertiary alicyclic amines) is 1. The molecule has 1 amide bonds. The number of benzene rings is 1. The number of nitrogens with zero attached hydrogens (tertiary/aromatic N) is 4. The molecule has 0 radical (unpaired) electrons. The third-order valence-electron chi connectivity index (χ3n) is 3.95. The minimum Gasteiger partial charge on any atom is -0.336 e. The van der Waals surface area contributed by atoms with Crippen LogP contribution in [0.4, 0.5) is 0 Å². The smallest absolute Gasteiger partial charge is 0.293 e. The van der Waals surface area contributed by atoms with Crippen LogP contribution in [0.15, 0.2) is 24.3 Å². The molecule has 1 aliphatic rings. The first-order chi connectivity index (χ1) is 10.6. The number of hydrogen-bond donors (Lipinski definition) is 1. The maximum Gasteiger partial charge on any atom is 0.293 e. The van der Waals surface area contributed by atoms with Crippen molar-refractivity contribution in [2.75, 3.05) is 19.6 Å². The number of carbonyl (C=O) groups is 1. The second-order valence-corrected chi connectivity index (χ2v) is 5.89. The standard InChI is InChI=1S/C15H18ClN5O/c1-10-18-14(15(22)20-7-6-11(8-17)9-20)19-21(10)13-5-3-2-4-12(13)16/h2-5,11H,6-9,17H2,1H3/t11-/m1/s1. The second-order valence-electron chi connectivity index (χ2n) is 5.49. The van der Waals surface area contributed by atoms with E-state index in [4.69, 9.17) is 17.3 Å². The summed E-state index contributed by atoms with van der Waals surface area (Å²) in [5.74, 6) is 1.06. The minimum absolute atomic E-state index is 0.148. The quantitative estimate of drug-likeness (QED) is 0.933. The fourth-order valence-electron chi connectivity index (χ4n) is 2.68. The number of rotatable bonds is 3. The van der Waals surface area contributed by atoms with Gasteiger partial charge in [0.15, 0.2) is 0 Å². The number of halogens is 1. The SMILES string of the molecule is Cc1nc(C(=O)N2CC[C@H](CN)C2)nn1-c1ccccc1Cl. The maximum atomic E-state index is 12.5. The van der Waals surface area contributed by atoms with Gasteiger partial charge in [-0.3, -0.25) is 4.79 Å². The molecule has 1 aromatic carbocycles. The first-order valence-electron chi connectivity index (χ1n) is 7.28. The van der Waals surface area contributed by atoms with Gasteiger partial charge < -0.3 is 10.6 Å². The van der Waals surface area contributed by atoms with Gasteiger partial charge in [0, 0.05) is 13.1 Å². The molecule has 1 aromatic heterocycles. The van der Waals surface area contributed by atoms with E-state index < -0.39 is 0 Å². The summed E-state index contributed by atoms with van der Waals surface area (Å²) in [5, 5.41) is 4.90. The molecule has 116 valence electrons. The minimum atomic E-state index is -0.148. The topological polar surface area (TPSA) is 77.0 Å². The Morgan fingerprint density at radius 1 is 1.45 bits per heavy atom. The number of para-hydroxylation sites is 1. The summed E-state index contributed by atoms with van der Waals surface area (Å²) < 4.78 is 1.60. The average Bonchev–Trinajstić information content (AvgIpc) is 3.14. The van der Waals surface area contributed by atoms with Gasteiger partial charge in [-0.2, -0.15) is 0 Å². The number of aromatic nitrogens is 3. The molecule has 0 unspecified atom stereocenters. The molecule has 0 saturated carbocycles. The van der Waals surface area contributed by atoms with Gasteiger partial charge in [-0.05, 0) is 37.9 Å². The van der Waals surface area contributed by atoms with Crippen molar-refractivity contribution < 1.29 is 4.79 Å². The van der Waals surface area contributed by atoms with Crippen LogP contribution in [-0.2, 0) is 0 Å². The normalized spacial score (nSPS) is 18.0. The monoisotopic (exact) mass is 319 g/mol.